The van der Waals surface area contributed by atoms with Gasteiger partial charge in [0.25, 0.3) is 0 Å². The van der Waals surface area contributed by atoms with Gasteiger partial charge in [0.05, 0.1) is 16.6 Å². The predicted octanol–water partition coefficient (Wildman–Crippen LogP) is 3.54. The molecule has 1 N–H and O–H groups in total. The van der Waals surface area contributed by atoms with Crippen LogP contribution >= 0.6 is 11.8 Å². The Morgan fingerprint density at radius 3 is 2.96 bits per heavy atom. The number of amides is 1. The van der Waals surface area contributed by atoms with Gasteiger partial charge in [0.1, 0.15) is 11.0 Å². The van der Waals surface area contributed by atoms with Gasteiger partial charge < -0.3 is 15.0 Å². The van der Waals surface area contributed by atoms with Crippen molar-refractivity contribution < 1.29 is 9.53 Å². The molecule has 2 rings (SSSR count). The van der Waals surface area contributed by atoms with E-state index in [1.165, 1.54) is 0 Å². The maximum absolute atomic E-state index is 12.1. The first-order valence-electron chi connectivity index (χ1n) is 8.08. The zero-order valence-electron chi connectivity index (χ0n) is 14.6. The zero-order valence-corrected chi connectivity index (χ0v) is 15.4. The molecule has 1 aliphatic heterocycles. The van der Waals surface area contributed by atoms with E-state index in [9.17, 15) is 4.79 Å². The van der Waals surface area contributed by atoms with E-state index in [-0.39, 0.29) is 18.2 Å². The molecule has 1 aromatic rings. The smallest absolute Gasteiger partial charge is 0.407 e. The van der Waals surface area contributed by atoms with Crippen molar-refractivity contribution in [3.63, 3.8) is 0 Å². The number of hydrogen-bond acceptors (Lipinski definition) is 6. The molecule has 0 bridgehead atoms. The van der Waals surface area contributed by atoms with Crippen LogP contribution in [-0.2, 0) is 4.74 Å². The maximum atomic E-state index is 12.1. The Labute approximate surface area is 147 Å². The van der Waals surface area contributed by atoms with E-state index in [1.54, 1.807) is 12.4 Å². The van der Waals surface area contributed by atoms with Gasteiger partial charge in [-0.1, -0.05) is 0 Å². The average molecular weight is 348 g/mol. The molecule has 0 radical (unpaired) electrons. The number of anilines is 1. The number of alkyl carbamates (subject to hydrolysis) is 1. The summed E-state index contributed by atoms with van der Waals surface area (Å²) in [6.45, 7) is 8.53. The van der Waals surface area contributed by atoms with Gasteiger partial charge in [-0.15, -0.1) is 0 Å². The Morgan fingerprint density at radius 2 is 2.29 bits per heavy atom. The van der Waals surface area contributed by atoms with Crippen LogP contribution in [0.3, 0.4) is 0 Å². The van der Waals surface area contributed by atoms with E-state index in [0.717, 1.165) is 41.7 Å². The molecule has 0 aliphatic carbocycles. The summed E-state index contributed by atoms with van der Waals surface area (Å²) in [6, 6.07) is 2.03. The molecule has 6 nitrogen and oxygen atoms in total. The third kappa shape index (κ3) is 4.78. The van der Waals surface area contributed by atoms with Gasteiger partial charge in [-0.3, -0.25) is 4.98 Å². The summed E-state index contributed by atoms with van der Waals surface area (Å²) >= 11 is 1.11. The minimum Gasteiger partial charge on any atom is -0.444 e. The Hall–Kier alpha value is -1.94. The van der Waals surface area contributed by atoms with Crippen LogP contribution in [0.25, 0.3) is 0 Å². The molecule has 1 amide bonds. The number of nitrogens with zero attached hydrogens (tertiary/aromatic N) is 3. The lowest BCUT2D eigenvalue weighted by Gasteiger charge is -2.41. The first-order chi connectivity index (χ1) is 11.3. The summed E-state index contributed by atoms with van der Waals surface area (Å²) in [5.74, 6) is 0. The summed E-state index contributed by atoms with van der Waals surface area (Å²) in [4.78, 5) is 19.2. The second-order valence-electron chi connectivity index (χ2n) is 6.87. The number of thioether (sulfide) groups is 1. The number of ether oxygens (including phenoxy) is 1. The van der Waals surface area contributed by atoms with E-state index in [1.807, 2.05) is 26.8 Å². The van der Waals surface area contributed by atoms with Crippen LogP contribution in [0, 0.1) is 10.7 Å². The molecule has 0 aromatic carbocycles. The minimum absolute atomic E-state index is 0.00158. The molecule has 2 heterocycles. The summed E-state index contributed by atoms with van der Waals surface area (Å²) in [6.07, 6.45) is 4.92. The van der Waals surface area contributed by atoms with E-state index in [0.29, 0.717) is 0 Å². The van der Waals surface area contributed by atoms with Crippen LogP contribution in [0.15, 0.2) is 23.4 Å². The second kappa shape index (κ2) is 7.75. The number of pyridine rings is 1. The van der Waals surface area contributed by atoms with Gasteiger partial charge in [-0.05, 0) is 58.4 Å². The van der Waals surface area contributed by atoms with Crippen molar-refractivity contribution in [2.75, 3.05) is 11.4 Å². The molecule has 130 valence electrons. The van der Waals surface area contributed by atoms with E-state index < -0.39 is 5.60 Å². The fourth-order valence-electron chi connectivity index (χ4n) is 2.87. The monoisotopic (exact) mass is 348 g/mol. The van der Waals surface area contributed by atoms with Crippen molar-refractivity contribution in [1.82, 2.24) is 10.3 Å². The Kier molecular flexibility index (Phi) is 5.94. The number of thiocyanates is 1. The van der Waals surface area contributed by atoms with Gasteiger partial charge in [-0.25, -0.2) is 4.79 Å². The molecule has 24 heavy (non-hydrogen) atoms. The molecule has 1 fully saturated rings. The largest absolute Gasteiger partial charge is 0.444 e. The quantitative estimate of drug-likeness (QED) is 0.665. The van der Waals surface area contributed by atoms with Gasteiger partial charge in [-0.2, -0.15) is 5.26 Å². The lowest BCUT2D eigenvalue weighted by molar-refractivity contribution is 0.0489. The number of carbonyl (C=O) groups excluding carboxylic acids is 1. The summed E-state index contributed by atoms with van der Waals surface area (Å²) in [5.41, 5.74) is 0.475. The highest BCUT2D eigenvalue weighted by molar-refractivity contribution is 8.03. The number of carbonyl (C=O) groups is 1. The van der Waals surface area contributed by atoms with Crippen LogP contribution in [-0.4, -0.2) is 35.3 Å². The van der Waals surface area contributed by atoms with Crippen molar-refractivity contribution in [3.05, 3.63) is 18.5 Å². The summed E-state index contributed by atoms with van der Waals surface area (Å²) in [7, 11) is 0. The average Bonchev–Trinajstić information content (AvgIpc) is 2.49. The molecule has 2 atom stereocenters. The number of aromatic nitrogens is 1. The first-order valence-corrected chi connectivity index (χ1v) is 8.89. The zero-order chi connectivity index (χ0) is 17.7. The number of nitrogens with one attached hydrogen (secondary N) is 1. The van der Waals surface area contributed by atoms with Gasteiger partial charge in [0, 0.05) is 25.0 Å². The highest BCUT2D eigenvalue weighted by Crippen LogP contribution is 2.33. The summed E-state index contributed by atoms with van der Waals surface area (Å²) < 4.78 is 5.37. The molecular formula is C17H24N4O2S. The van der Waals surface area contributed by atoms with Gasteiger partial charge >= 0.3 is 6.09 Å². The van der Waals surface area contributed by atoms with Gasteiger partial charge in [0.15, 0.2) is 0 Å². The van der Waals surface area contributed by atoms with E-state index in [4.69, 9.17) is 10.00 Å². The van der Waals surface area contributed by atoms with Crippen LogP contribution in [0.5, 0.6) is 0 Å². The molecule has 1 saturated heterocycles. The molecule has 1 unspecified atom stereocenters. The lowest BCUT2D eigenvalue weighted by atomic mass is 9.97. The van der Waals surface area contributed by atoms with E-state index >= 15 is 0 Å². The van der Waals surface area contributed by atoms with Crippen molar-refractivity contribution in [2.45, 2.75) is 63.1 Å². The fraction of sp³-hybridized carbons (Fsp3) is 0.588. The Bertz CT molecular complexity index is 624. The second-order valence-corrected chi connectivity index (χ2v) is 7.69. The van der Waals surface area contributed by atoms with Crippen molar-refractivity contribution in [3.8, 4) is 5.40 Å². The van der Waals surface area contributed by atoms with Crippen molar-refractivity contribution >= 4 is 23.5 Å². The topological polar surface area (TPSA) is 78.2 Å². The van der Waals surface area contributed by atoms with Gasteiger partial charge in [0.2, 0.25) is 0 Å². The third-order valence-corrected chi connectivity index (χ3v) is 4.54. The number of hydrogen-bond donors (Lipinski definition) is 1. The Balaban J connectivity index is 2.12. The Morgan fingerprint density at radius 1 is 1.54 bits per heavy atom. The van der Waals surface area contributed by atoms with Crippen molar-refractivity contribution in [1.29, 1.82) is 5.26 Å². The molecule has 7 heteroatoms. The van der Waals surface area contributed by atoms with Crippen LogP contribution in [0.4, 0.5) is 10.5 Å². The molecule has 0 spiro atoms. The fourth-order valence-corrected chi connectivity index (χ4v) is 3.37. The van der Waals surface area contributed by atoms with Crippen molar-refractivity contribution in [2.24, 2.45) is 0 Å². The number of piperidine rings is 1. The number of nitriles is 1. The molecule has 1 aromatic heterocycles. The third-order valence-electron chi connectivity index (χ3n) is 3.92. The predicted molar refractivity (Wildman–Crippen MR) is 94.9 cm³/mol. The SMILES string of the molecule is CC1[C@@H](NC(=O)OC(C)(C)C)CCCN1c1ccncc1SC#N. The number of rotatable bonds is 3. The normalized spacial score (nSPS) is 21.0. The maximum Gasteiger partial charge on any atom is 0.407 e. The van der Waals surface area contributed by atoms with E-state index in [2.05, 4.69) is 27.5 Å². The van der Waals surface area contributed by atoms with Crippen LogP contribution in [0.1, 0.15) is 40.5 Å². The standard InChI is InChI=1S/C17H24N4O2S/c1-12-13(20-16(22)23-17(2,3)4)6-5-9-21(12)14-7-8-19-10-15(14)24-11-18/h7-8,10,12-13H,5-6,9H2,1-4H3,(H,20,22)/t12?,13-/m0/s1. The van der Waals surface area contributed by atoms with Crippen LogP contribution in [0.2, 0.25) is 0 Å². The molecular weight excluding hydrogens is 324 g/mol. The highest BCUT2D eigenvalue weighted by Gasteiger charge is 2.31. The minimum atomic E-state index is -0.511. The highest BCUT2D eigenvalue weighted by atomic mass is 32.2. The van der Waals surface area contributed by atoms with Crippen LogP contribution < -0.4 is 10.2 Å². The molecule has 1 aliphatic rings. The summed E-state index contributed by atoms with van der Waals surface area (Å²) in [5, 5.41) is 14.1. The lowest BCUT2D eigenvalue weighted by Crippen LogP contribution is -2.55. The first kappa shape index (κ1) is 18.4. The molecule has 0 saturated carbocycles.